The van der Waals surface area contributed by atoms with Crippen molar-refractivity contribution in [3.8, 4) is 0 Å². The monoisotopic (exact) mass is 214 g/mol. The third-order valence-electron chi connectivity index (χ3n) is 2.39. The van der Waals surface area contributed by atoms with Crippen LogP contribution in [0.5, 0.6) is 0 Å². The van der Waals surface area contributed by atoms with E-state index in [0.717, 1.165) is 12.8 Å². The number of amides is 2. The molecule has 0 aliphatic carbocycles. The molecule has 0 unspecified atom stereocenters. The summed E-state index contributed by atoms with van der Waals surface area (Å²) in [7, 11) is 0. The van der Waals surface area contributed by atoms with E-state index >= 15 is 0 Å². The second kappa shape index (κ2) is 6.40. The molecule has 1 aliphatic heterocycles. The van der Waals surface area contributed by atoms with Gasteiger partial charge in [-0.25, -0.2) is 0 Å². The summed E-state index contributed by atoms with van der Waals surface area (Å²) in [6.07, 6.45) is 1.60. The number of hydrogen-bond acceptors (Lipinski definition) is 3. The van der Waals surface area contributed by atoms with Gasteiger partial charge >= 0.3 is 0 Å². The zero-order valence-electron chi connectivity index (χ0n) is 9.04. The van der Waals surface area contributed by atoms with Crippen LogP contribution in [0.3, 0.4) is 0 Å². The van der Waals surface area contributed by atoms with Gasteiger partial charge in [-0.1, -0.05) is 0 Å². The summed E-state index contributed by atoms with van der Waals surface area (Å²) in [4.78, 5) is 22.1. The Kier molecular flexibility index (Phi) is 5.10. The predicted octanol–water partition coefficient (Wildman–Crippen LogP) is -0.335. The smallest absolute Gasteiger partial charge is 0.223 e. The number of nitrogens with one attached hydrogen (secondary N) is 2. The lowest BCUT2D eigenvalue weighted by atomic mass is 9.99. The van der Waals surface area contributed by atoms with Crippen LogP contribution < -0.4 is 10.6 Å². The Bertz CT molecular complexity index is 225. The molecule has 0 spiro atoms. The van der Waals surface area contributed by atoms with Crippen LogP contribution in [0.25, 0.3) is 0 Å². The minimum atomic E-state index is -0.0738. The van der Waals surface area contributed by atoms with Gasteiger partial charge in [0.25, 0.3) is 0 Å². The van der Waals surface area contributed by atoms with Crippen molar-refractivity contribution in [1.82, 2.24) is 10.6 Å². The first-order valence-electron chi connectivity index (χ1n) is 5.30. The molecule has 86 valence electrons. The van der Waals surface area contributed by atoms with Crippen LogP contribution in [-0.2, 0) is 14.3 Å². The quantitative estimate of drug-likeness (QED) is 0.629. The summed E-state index contributed by atoms with van der Waals surface area (Å²) >= 11 is 0. The van der Waals surface area contributed by atoms with E-state index in [0.29, 0.717) is 26.3 Å². The van der Waals surface area contributed by atoms with Gasteiger partial charge in [-0.05, 0) is 12.8 Å². The van der Waals surface area contributed by atoms with E-state index in [1.165, 1.54) is 6.92 Å². The third-order valence-corrected chi connectivity index (χ3v) is 2.39. The first-order valence-corrected chi connectivity index (χ1v) is 5.30. The van der Waals surface area contributed by atoms with E-state index in [2.05, 4.69) is 10.6 Å². The highest BCUT2D eigenvalue weighted by molar-refractivity contribution is 5.78. The second-order valence-electron chi connectivity index (χ2n) is 3.66. The van der Waals surface area contributed by atoms with Gasteiger partial charge in [0, 0.05) is 39.1 Å². The highest BCUT2D eigenvalue weighted by Crippen LogP contribution is 2.14. The summed E-state index contributed by atoms with van der Waals surface area (Å²) in [5.74, 6) is 0.0787. The van der Waals surface area contributed by atoms with E-state index in [4.69, 9.17) is 4.74 Å². The molecule has 1 saturated heterocycles. The van der Waals surface area contributed by atoms with Crippen molar-refractivity contribution in [2.24, 2.45) is 5.92 Å². The molecule has 0 atom stereocenters. The lowest BCUT2D eigenvalue weighted by Gasteiger charge is -2.21. The van der Waals surface area contributed by atoms with Gasteiger partial charge in [0.05, 0.1) is 0 Å². The van der Waals surface area contributed by atoms with Crippen LogP contribution in [0.2, 0.25) is 0 Å². The van der Waals surface area contributed by atoms with E-state index in [1.54, 1.807) is 0 Å². The zero-order valence-corrected chi connectivity index (χ0v) is 9.04. The van der Waals surface area contributed by atoms with Crippen molar-refractivity contribution in [3.63, 3.8) is 0 Å². The summed E-state index contributed by atoms with van der Waals surface area (Å²) < 4.78 is 5.17. The number of carbonyl (C=O) groups is 2. The molecule has 1 aliphatic rings. The minimum absolute atomic E-state index is 0.0728. The maximum Gasteiger partial charge on any atom is 0.223 e. The first-order chi connectivity index (χ1) is 7.20. The number of hydrogen-bond donors (Lipinski definition) is 2. The highest BCUT2D eigenvalue weighted by Gasteiger charge is 2.20. The summed E-state index contributed by atoms with van der Waals surface area (Å²) in [6, 6.07) is 0. The van der Waals surface area contributed by atoms with Crippen LogP contribution in [0.1, 0.15) is 19.8 Å². The molecule has 1 fully saturated rings. The molecular formula is C10H18N2O3. The molecule has 0 aromatic carbocycles. The second-order valence-corrected chi connectivity index (χ2v) is 3.66. The highest BCUT2D eigenvalue weighted by atomic mass is 16.5. The zero-order chi connectivity index (χ0) is 11.1. The Hall–Kier alpha value is -1.10. The lowest BCUT2D eigenvalue weighted by Crippen LogP contribution is -2.38. The Morgan fingerprint density at radius 3 is 2.40 bits per heavy atom. The van der Waals surface area contributed by atoms with Crippen molar-refractivity contribution in [1.29, 1.82) is 0 Å². The Morgan fingerprint density at radius 2 is 1.80 bits per heavy atom. The lowest BCUT2D eigenvalue weighted by molar-refractivity contribution is -0.128. The molecule has 0 aromatic heterocycles. The maximum absolute atomic E-state index is 11.6. The van der Waals surface area contributed by atoms with Crippen LogP contribution in [0.15, 0.2) is 0 Å². The van der Waals surface area contributed by atoms with Crippen molar-refractivity contribution in [2.75, 3.05) is 26.3 Å². The van der Waals surface area contributed by atoms with E-state index in [9.17, 15) is 9.59 Å². The van der Waals surface area contributed by atoms with Crippen molar-refractivity contribution in [2.45, 2.75) is 19.8 Å². The fourth-order valence-electron chi connectivity index (χ4n) is 1.53. The molecule has 1 rings (SSSR count). The van der Waals surface area contributed by atoms with Gasteiger partial charge in [-0.3, -0.25) is 9.59 Å². The minimum Gasteiger partial charge on any atom is -0.381 e. The van der Waals surface area contributed by atoms with Crippen molar-refractivity contribution >= 4 is 11.8 Å². The predicted molar refractivity (Wildman–Crippen MR) is 55.2 cm³/mol. The van der Waals surface area contributed by atoms with Gasteiger partial charge in [0.2, 0.25) is 11.8 Å². The number of carbonyl (C=O) groups excluding carboxylic acids is 2. The van der Waals surface area contributed by atoms with Crippen LogP contribution in [-0.4, -0.2) is 38.1 Å². The first kappa shape index (κ1) is 12.0. The number of rotatable bonds is 4. The summed E-state index contributed by atoms with van der Waals surface area (Å²) in [6.45, 7) is 3.79. The molecule has 1 heterocycles. The van der Waals surface area contributed by atoms with Crippen molar-refractivity contribution in [3.05, 3.63) is 0 Å². The molecule has 2 N–H and O–H groups in total. The molecule has 0 aromatic rings. The largest absolute Gasteiger partial charge is 0.381 e. The van der Waals surface area contributed by atoms with Crippen LogP contribution >= 0.6 is 0 Å². The Balaban J connectivity index is 2.09. The van der Waals surface area contributed by atoms with Gasteiger partial charge in [0.1, 0.15) is 0 Å². The van der Waals surface area contributed by atoms with E-state index in [1.807, 2.05) is 0 Å². The molecule has 5 nitrogen and oxygen atoms in total. The average molecular weight is 214 g/mol. The molecule has 0 radical (unpaired) electrons. The summed E-state index contributed by atoms with van der Waals surface area (Å²) in [5.41, 5.74) is 0. The average Bonchev–Trinajstić information content (AvgIpc) is 2.25. The molecule has 0 bridgehead atoms. The van der Waals surface area contributed by atoms with Crippen molar-refractivity contribution < 1.29 is 14.3 Å². The topological polar surface area (TPSA) is 67.4 Å². The number of ether oxygens (including phenoxy) is 1. The molecule has 2 amide bonds. The molecular weight excluding hydrogens is 196 g/mol. The fourth-order valence-corrected chi connectivity index (χ4v) is 1.53. The van der Waals surface area contributed by atoms with Gasteiger partial charge in [-0.2, -0.15) is 0 Å². The van der Waals surface area contributed by atoms with Crippen LogP contribution in [0, 0.1) is 5.92 Å². The Morgan fingerprint density at radius 1 is 1.20 bits per heavy atom. The SMILES string of the molecule is CC(=O)NCCNC(=O)C1CCOCC1. The standard InChI is InChI=1S/C10H18N2O3/c1-8(13)11-4-5-12-10(14)9-2-6-15-7-3-9/h9H,2-7H2,1H3,(H,11,13)(H,12,14). The Labute approximate surface area is 89.6 Å². The molecule has 5 heteroatoms. The van der Waals surface area contributed by atoms with Gasteiger partial charge in [0.15, 0.2) is 0 Å². The fraction of sp³-hybridized carbons (Fsp3) is 0.800. The van der Waals surface area contributed by atoms with Crippen LogP contribution in [0.4, 0.5) is 0 Å². The maximum atomic E-state index is 11.6. The van der Waals surface area contributed by atoms with Gasteiger partial charge in [-0.15, -0.1) is 0 Å². The summed E-state index contributed by atoms with van der Waals surface area (Å²) in [5, 5.41) is 5.42. The van der Waals surface area contributed by atoms with Gasteiger partial charge < -0.3 is 15.4 Å². The molecule has 0 saturated carbocycles. The third kappa shape index (κ3) is 4.78. The molecule has 15 heavy (non-hydrogen) atoms. The normalized spacial score (nSPS) is 17.1. The van der Waals surface area contributed by atoms with E-state index < -0.39 is 0 Å². The van der Waals surface area contributed by atoms with E-state index in [-0.39, 0.29) is 17.7 Å².